The van der Waals surface area contributed by atoms with Gasteiger partial charge in [-0.15, -0.1) is 0 Å². The van der Waals surface area contributed by atoms with Crippen molar-refractivity contribution in [3.05, 3.63) is 0 Å². The van der Waals surface area contributed by atoms with E-state index in [-0.39, 0.29) is 5.54 Å². The van der Waals surface area contributed by atoms with Crippen LogP contribution in [0.5, 0.6) is 0 Å². The molecule has 0 aromatic carbocycles. The molecule has 0 saturated heterocycles. The highest BCUT2D eigenvalue weighted by atomic mass is 16.6. The van der Waals surface area contributed by atoms with Crippen LogP contribution in [-0.4, -0.2) is 58.9 Å². The molecule has 0 aliphatic heterocycles. The average Bonchev–Trinajstić information content (AvgIpc) is 2.40. The Kier molecular flexibility index (Phi) is 11.7. The minimum atomic E-state index is -0.191. The molecular weight excluding hydrogens is 234 g/mol. The molecule has 0 amide bonds. The largest absolute Gasteiger partial charge is 0.382 e. The first-order chi connectivity index (χ1) is 8.68. The van der Waals surface area contributed by atoms with Crippen LogP contribution in [0, 0.1) is 0 Å². The molecule has 0 rings (SSSR count). The normalized spacial score (nSPS) is 12.0. The second-order valence-electron chi connectivity index (χ2n) is 4.34. The van der Waals surface area contributed by atoms with E-state index in [1.165, 1.54) is 0 Å². The molecule has 0 heterocycles. The van der Waals surface area contributed by atoms with Crippen molar-refractivity contribution in [3.8, 4) is 0 Å². The molecule has 0 fully saturated rings. The highest BCUT2D eigenvalue weighted by Gasteiger charge is 2.19. The van der Waals surface area contributed by atoms with Crippen molar-refractivity contribution in [2.45, 2.75) is 32.2 Å². The van der Waals surface area contributed by atoms with Gasteiger partial charge in [0.2, 0.25) is 0 Å². The van der Waals surface area contributed by atoms with Crippen LogP contribution in [0.1, 0.15) is 26.7 Å². The Morgan fingerprint density at radius 2 is 1.22 bits per heavy atom. The molecule has 0 radical (unpaired) electrons. The lowest BCUT2D eigenvalue weighted by atomic mass is 9.96. The third-order valence-electron chi connectivity index (χ3n) is 2.97. The smallest absolute Gasteiger partial charge is 0.0701 e. The van der Waals surface area contributed by atoms with Gasteiger partial charge in [-0.3, -0.25) is 0 Å². The standard InChI is InChI=1S/C13H29NO4/c1-4-13(14,5-2)12-18-11-10-17-9-8-16-7-6-15-3/h4-12,14H2,1-3H3. The van der Waals surface area contributed by atoms with Crippen LogP contribution in [0.15, 0.2) is 0 Å². The van der Waals surface area contributed by atoms with Crippen molar-refractivity contribution >= 4 is 0 Å². The second-order valence-corrected chi connectivity index (χ2v) is 4.34. The van der Waals surface area contributed by atoms with E-state index in [0.717, 1.165) is 12.8 Å². The van der Waals surface area contributed by atoms with Crippen molar-refractivity contribution < 1.29 is 18.9 Å². The van der Waals surface area contributed by atoms with E-state index in [2.05, 4.69) is 13.8 Å². The molecule has 5 nitrogen and oxygen atoms in total. The van der Waals surface area contributed by atoms with Crippen LogP contribution in [-0.2, 0) is 18.9 Å². The van der Waals surface area contributed by atoms with Gasteiger partial charge < -0.3 is 24.7 Å². The molecular formula is C13H29NO4. The summed E-state index contributed by atoms with van der Waals surface area (Å²) in [5, 5.41) is 0. The molecule has 0 aromatic rings. The van der Waals surface area contributed by atoms with Gasteiger partial charge >= 0.3 is 0 Å². The molecule has 0 aliphatic carbocycles. The first kappa shape index (κ1) is 17.8. The van der Waals surface area contributed by atoms with Gasteiger partial charge in [0, 0.05) is 12.6 Å². The summed E-state index contributed by atoms with van der Waals surface area (Å²) in [7, 11) is 1.65. The van der Waals surface area contributed by atoms with Gasteiger partial charge in [0.25, 0.3) is 0 Å². The molecule has 2 N–H and O–H groups in total. The number of rotatable bonds is 13. The van der Waals surface area contributed by atoms with E-state index in [9.17, 15) is 0 Å². The zero-order chi connectivity index (χ0) is 13.7. The maximum atomic E-state index is 6.11. The maximum absolute atomic E-state index is 6.11. The van der Waals surface area contributed by atoms with E-state index >= 15 is 0 Å². The molecule has 0 aliphatic rings. The Balaban J connectivity index is 3.21. The first-order valence-electron chi connectivity index (χ1n) is 6.69. The molecule has 0 atom stereocenters. The van der Waals surface area contributed by atoms with Gasteiger partial charge in [-0.1, -0.05) is 13.8 Å². The minimum Gasteiger partial charge on any atom is -0.382 e. The fourth-order valence-electron chi connectivity index (χ4n) is 1.31. The van der Waals surface area contributed by atoms with Crippen molar-refractivity contribution in [2.24, 2.45) is 5.73 Å². The summed E-state index contributed by atoms with van der Waals surface area (Å²) in [5.41, 5.74) is 5.92. The Hall–Kier alpha value is -0.200. The average molecular weight is 263 g/mol. The van der Waals surface area contributed by atoms with Gasteiger partial charge in [0.15, 0.2) is 0 Å². The van der Waals surface area contributed by atoms with Crippen LogP contribution in [0.2, 0.25) is 0 Å². The fraction of sp³-hybridized carbons (Fsp3) is 1.00. The monoisotopic (exact) mass is 263 g/mol. The van der Waals surface area contributed by atoms with Crippen LogP contribution >= 0.6 is 0 Å². The minimum absolute atomic E-state index is 0.191. The molecule has 0 spiro atoms. The molecule has 0 saturated carbocycles. The Bertz CT molecular complexity index is 174. The summed E-state index contributed by atoms with van der Waals surface area (Å²) >= 11 is 0. The highest BCUT2D eigenvalue weighted by molar-refractivity contribution is 4.80. The molecule has 0 aromatic heterocycles. The fourth-order valence-corrected chi connectivity index (χ4v) is 1.31. The number of ether oxygens (including phenoxy) is 4. The van der Waals surface area contributed by atoms with E-state index in [0.29, 0.717) is 46.2 Å². The van der Waals surface area contributed by atoms with Gasteiger partial charge in [-0.25, -0.2) is 0 Å². The van der Waals surface area contributed by atoms with Crippen molar-refractivity contribution in [3.63, 3.8) is 0 Å². The number of hydrogen-bond acceptors (Lipinski definition) is 5. The maximum Gasteiger partial charge on any atom is 0.0701 e. The predicted octanol–water partition coefficient (Wildman–Crippen LogP) is 1.20. The molecule has 0 bridgehead atoms. The quantitative estimate of drug-likeness (QED) is 0.506. The SMILES string of the molecule is CCC(N)(CC)COCCOCCOCCOC. The molecule has 18 heavy (non-hydrogen) atoms. The van der Waals surface area contributed by atoms with Gasteiger partial charge in [-0.2, -0.15) is 0 Å². The van der Waals surface area contributed by atoms with Crippen molar-refractivity contribution in [1.82, 2.24) is 0 Å². The summed E-state index contributed by atoms with van der Waals surface area (Å²) in [5.74, 6) is 0. The zero-order valence-electron chi connectivity index (χ0n) is 12.1. The van der Waals surface area contributed by atoms with Crippen LogP contribution < -0.4 is 5.73 Å². The first-order valence-corrected chi connectivity index (χ1v) is 6.69. The Morgan fingerprint density at radius 1 is 0.778 bits per heavy atom. The second kappa shape index (κ2) is 11.9. The van der Waals surface area contributed by atoms with Gasteiger partial charge in [0.05, 0.1) is 46.2 Å². The van der Waals surface area contributed by atoms with Crippen LogP contribution in [0.25, 0.3) is 0 Å². The topological polar surface area (TPSA) is 62.9 Å². The summed E-state index contributed by atoms with van der Waals surface area (Å²) in [4.78, 5) is 0. The van der Waals surface area contributed by atoms with Gasteiger partial charge in [0.1, 0.15) is 0 Å². The number of nitrogens with two attached hydrogens (primary N) is 1. The van der Waals surface area contributed by atoms with E-state index in [1.807, 2.05) is 0 Å². The van der Waals surface area contributed by atoms with Crippen molar-refractivity contribution in [1.29, 1.82) is 0 Å². The number of hydrogen-bond donors (Lipinski definition) is 1. The summed E-state index contributed by atoms with van der Waals surface area (Å²) < 4.78 is 21.0. The van der Waals surface area contributed by atoms with E-state index in [1.54, 1.807) is 7.11 Å². The lowest BCUT2D eigenvalue weighted by Crippen LogP contribution is -2.43. The van der Waals surface area contributed by atoms with E-state index < -0.39 is 0 Å². The lowest BCUT2D eigenvalue weighted by Gasteiger charge is -2.26. The molecule has 0 unspecified atom stereocenters. The van der Waals surface area contributed by atoms with Crippen molar-refractivity contribution in [2.75, 3.05) is 53.4 Å². The summed E-state index contributed by atoms with van der Waals surface area (Å²) in [6.07, 6.45) is 1.86. The third-order valence-corrected chi connectivity index (χ3v) is 2.97. The highest BCUT2D eigenvalue weighted by Crippen LogP contribution is 2.10. The molecule has 5 heteroatoms. The van der Waals surface area contributed by atoms with Gasteiger partial charge in [-0.05, 0) is 12.8 Å². The molecule has 110 valence electrons. The predicted molar refractivity (Wildman–Crippen MR) is 71.8 cm³/mol. The lowest BCUT2D eigenvalue weighted by molar-refractivity contribution is -0.00455. The van der Waals surface area contributed by atoms with Crippen LogP contribution in [0.3, 0.4) is 0 Å². The Labute approximate surface area is 111 Å². The van der Waals surface area contributed by atoms with E-state index in [4.69, 9.17) is 24.7 Å². The Morgan fingerprint density at radius 3 is 1.67 bits per heavy atom. The van der Waals surface area contributed by atoms with Crippen LogP contribution in [0.4, 0.5) is 0 Å². The summed E-state index contributed by atoms with van der Waals surface area (Å²) in [6.45, 7) is 8.33. The zero-order valence-corrected chi connectivity index (χ0v) is 12.1. The number of methoxy groups -OCH3 is 1. The third kappa shape index (κ3) is 9.79. The summed E-state index contributed by atoms with van der Waals surface area (Å²) in [6, 6.07) is 0.